The maximum Gasteiger partial charge on any atom is 0.194 e. The Bertz CT molecular complexity index is 873. The monoisotopic (exact) mass is 352 g/mol. The molecule has 3 aromatic carbocycles. The third-order valence-corrected chi connectivity index (χ3v) is 4.36. The lowest BCUT2D eigenvalue weighted by atomic mass is 9.93. The van der Waals surface area contributed by atoms with E-state index in [1.807, 2.05) is 42.5 Å². The van der Waals surface area contributed by atoms with Crippen molar-refractivity contribution in [1.29, 1.82) is 0 Å². The Morgan fingerprint density at radius 1 is 0.769 bits per heavy atom. The van der Waals surface area contributed by atoms with Gasteiger partial charge in [-0.1, -0.05) is 73.7 Å². The van der Waals surface area contributed by atoms with Crippen LogP contribution in [0.4, 0.5) is 13.2 Å². The second kappa shape index (κ2) is 8.05. The molecule has 26 heavy (non-hydrogen) atoms. The summed E-state index contributed by atoms with van der Waals surface area (Å²) in [4.78, 5) is 0. The smallest absolute Gasteiger partial charge is 0.194 e. The first-order valence-corrected chi connectivity index (χ1v) is 8.49. The molecule has 0 bridgehead atoms. The fraction of sp³-hybridized carbons (Fsp3) is 0.130. The molecule has 0 N–H and O–H groups in total. The van der Waals surface area contributed by atoms with E-state index in [2.05, 4.69) is 19.1 Å². The molecule has 1 atom stereocenters. The summed E-state index contributed by atoms with van der Waals surface area (Å²) < 4.78 is 39.4. The Balaban J connectivity index is 1.68. The van der Waals surface area contributed by atoms with Crippen LogP contribution < -0.4 is 0 Å². The van der Waals surface area contributed by atoms with Gasteiger partial charge in [-0.3, -0.25) is 0 Å². The van der Waals surface area contributed by atoms with Crippen molar-refractivity contribution in [3.8, 4) is 0 Å². The molecule has 0 radical (unpaired) electrons. The molecule has 0 fully saturated rings. The second-order valence-electron chi connectivity index (χ2n) is 6.39. The first kappa shape index (κ1) is 18.0. The van der Waals surface area contributed by atoms with E-state index in [0.29, 0.717) is 5.92 Å². The van der Waals surface area contributed by atoms with E-state index in [-0.39, 0.29) is 5.56 Å². The summed E-state index contributed by atoms with van der Waals surface area (Å²) >= 11 is 0. The van der Waals surface area contributed by atoms with Gasteiger partial charge in [-0.05, 0) is 46.7 Å². The van der Waals surface area contributed by atoms with E-state index < -0.39 is 17.5 Å². The van der Waals surface area contributed by atoms with Crippen molar-refractivity contribution in [2.24, 2.45) is 0 Å². The van der Waals surface area contributed by atoms with Crippen LogP contribution in [-0.4, -0.2) is 0 Å². The highest BCUT2D eigenvalue weighted by Crippen LogP contribution is 2.21. The molecule has 0 aliphatic heterocycles. The first-order chi connectivity index (χ1) is 12.5. The lowest BCUT2D eigenvalue weighted by molar-refractivity contribution is 0.447. The zero-order chi connectivity index (χ0) is 18.5. The van der Waals surface area contributed by atoms with Gasteiger partial charge in [-0.25, -0.2) is 13.2 Å². The van der Waals surface area contributed by atoms with Gasteiger partial charge in [0.2, 0.25) is 0 Å². The lowest BCUT2D eigenvalue weighted by Gasteiger charge is -2.12. The van der Waals surface area contributed by atoms with Crippen molar-refractivity contribution in [3.05, 3.63) is 106 Å². The molecule has 0 spiro atoms. The van der Waals surface area contributed by atoms with Crippen LogP contribution in [0, 0.1) is 17.5 Å². The molecule has 0 aliphatic rings. The minimum absolute atomic E-state index is 0.281. The predicted molar refractivity (Wildman–Crippen MR) is 100 cm³/mol. The number of rotatable bonds is 5. The van der Waals surface area contributed by atoms with Gasteiger partial charge in [0.15, 0.2) is 17.5 Å². The second-order valence-corrected chi connectivity index (χ2v) is 6.39. The Kier molecular flexibility index (Phi) is 5.57. The molecule has 3 aromatic rings. The average Bonchev–Trinajstić information content (AvgIpc) is 2.66. The fourth-order valence-corrected chi connectivity index (χ4v) is 2.88. The summed E-state index contributed by atoms with van der Waals surface area (Å²) in [5, 5.41) is 0. The first-order valence-electron chi connectivity index (χ1n) is 8.49. The molecule has 0 heterocycles. The van der Waals surface area contributed by atoms with Crippen LogP contribution in [0.25, 0.3) is 12.2 Å². The van der Waals surface area contributed by atoms with Crippen LogP contribution >= 0.6 is 0 Å². The van der Waals surface area contributed by atoms with Gasteiger partial charge in [0.1, 0.15) is 0 Å². The third kappa shape index (κ3) is 4.42. The molecule has 0 unspecified atom stereocenters. The molecular weight excluding hydrogens is 333 g/mol. The van der Waals surface area contributed by atoms with Crippen LogP contribution in [0.2, 0.25) is 0 Å². The maximum absolute atomic E-state index is 13.2. The predicted octanol–water partition coefficient (Wildman–Crippen LogP) is 6.62. The molecule has 3 heteroatoms. The molecule has 3 rings (SSSR count). The molecule has 0 amide bonds. The van der Waals surface area contributed by atoms with Crippen LogP contribution in [0.3, 0.4) is 0 Å². The average molecular weight is 352 g/mol. The van der Waals surface area contributed by atoms with Crippen LogP contribution in [0.15, 0.2) is 66.7 Å². The summed E-state index contributed by atoms with van der Waals surface area (Å²) in [6.07, 6.45) is 4.24. The normalized spacial score (nSPS) is 12.5. The molecule has 0 saturated carbocycles. The largest absolute Gasteiger partial charge is 0.204 e. The van der Waals surface area contributed by atoms with Crippen LogP contribution in [-0.2, 0) is 6.42 Å². The van der Waals surface area contributed by atoms with Crippen LogP contribution in [0.1, 0.15) is 35.1 Å². The van der Waals surface area contributed by atoms with E-state index in [1.54, 1.807) is 12.2 Å². The van der Waals surface area contributed by atoms with E-state index in [1.165, 1.54) is 11.1 Å². The molecule has 0 saturated heterocycles. The van der Waals surface area contributed by atoms with Crippen molar-refractivity contribution >= 4 is 12.2 Å². The van der Waals surface area contributed by atoms with Crippen LogP contribution in [0.5, 0.6) is 0 Å². The summed E-state index contributed by atoms with van der Waals surface area (Å²) in [5.41, 5.74) is 3.71. The zero-order valence-electron chi connectivity index (χ0n) is 14.4. The number of halogens is 3. The number of hydrogen-bond acceptors (Lipinski definition) is 0. The summed E-state index contributed by atoms with van der Waals surface area (Å²) in [6.45, 7) is 2.20. The van der Waals surface area contributed by atoms with Crippen molar-refractivity contribution in [2.45, 2.75) is 19.3 Å². The molecule has 0 aromatic heterocycles. The van der Waals surface area contributed by atoms with Gasteiger partial charge in [-0.2, -0.15) is 0 Å². The molecular formula is C23H19F3. The summed E-state index contributed by atoms with van der Waals surface area (Å²) in [6, 6.07) is 20.3. The topological polar surface area (TPSA) is 0 Å². The fourth-order valence-electron chi connectivity index (χ4n) is 2.88. The summed E-state index contributed by atoms with van der Waals surface area (Å²) in [7, 11) is 0. The van der Waals surface area contributed by atoms with E-state index in [0.717, 1.165) is 24.1 Å². The standard InChI is InChI=1S/C23H19F3/c1-16(20-5-3-2-4-6-20)13-18-10-7-17(8-11-18)9-12-19-14-21(24)23(26)22(25)15-19/h2-12,14-16H,13H2,1H3/t16-/m1/s1. The Hall–Kier alpha value is -2.81. The van der Waals surface area contributed by atoms with Gasteiger partial charge in [-0.15, -0.1) is 0 Å². The molecule has 132 valence electrons. The van der Waals surface area contributed by atoms with Gasteiger partial charge >= 0.3 is 0 Å². The minimum Gasteiger partial charge on any atom is -0.204 e. The SMILES string of the molecule is C[C@H](Cc1ccc(C=Cc2cc(F)c(F)c(F)c2)cc1)c1ccccc1. The molecule has 0 aliphatic carbocycles. The Morgan fingerprint density at radius 2 is 1.35 bits per heavy atom. The van der Waals surface area contributed by atoms with E-state index in [4.69, 9.17) is 0 Å². The van der Waals surface area contributed by atoms with Gasteiger partial charge < -0.3 is 0 Å². The number of benzene rings is 3. The van der Waals surface area contributed by atoms with Crippen molar-refractivity contribution in [3.63, 3.8) is 0 Å². The van der Waals surface area contributed by atoms with E-state index >= 15 is 0 Å². The Morgan fingerprint density at radius 3 is 1.96 bits per heavy atom. The minimum atomic E-state index is -1.45. The third-order valence-electron chi connectivity index (χ3n) is 4.36. The quantitative estimate of drug-likeness (QED) is 0.357. The van der Waals surface area contributed by atoms with Gasteiger partial charge in [0.05, 0.1) is 0 Å². The number of hydrogen-bond donors (Lipinski definition) is 0. The van der Waals surface area contributed by atoms with Crippen molar-refractivity contribution in [2.75, 3.05) is 0 Å². The zero-order valence-corrected chi connectivity index (χ0v) is 14.4. The van der Waals surface area contributed by atoms with Gasteiger partial charge in [0, 0.05) is 0 Å². The molecule has 0 nitrogen and oxygen atoms in total. The highest BCUT2D eigenvalue weighted by Gasteiger charge is 2.09. The van der Waals surface area contributed by atoms with Crippen molar-refractivity contribution in [1.82, 2.24) is 0 Å². The summed E-state index contributed by atoms with van der Waals surface area (Å²) in [5.74, 6) is -3.40. The lowest BCUT2D eigenvalue weighted by Crippen LogP contribution is -1.98. The highest BCUT2D eigenvalue weighted by molar-refractivity contribution is 5.69. The Labute approximate surface area is 151 Å². The van der Waals surface area contributed by atoms with Gasteiger partial charge in [0.25, 0.3) is 0 Å². The highest BCUT2D eigenvalue weighted by atomic mass is 19.2. The maximum atomic E-state index is 13.2. The van der Waals surface area contributed by atoms with Crippen molar-refractivity contribution < 1.29 is 13.2 Å². The van der Waals surface area contributed by atoms with E-state index in [9.17, 15) is 13.2 Å².